The summed E-state index contributed by atoms with van der Waals surface area (Å²) in [4.78, 5) is 13.4. The lowest BCUT2D eigenvalue weighted by Crippen LogP contribution is -2.27. The predicted octanol–water partition coefficient (Wildman–Crippen LogP) is 5.29. The number of aromatic nitrogens is 1. The number of fused-ring (bicyclic) bond motifs is 1. The molecule has 22 heavy (non-hydrogen) atoms. The number of hydrogen-bond donors (Lipinski definition) is 0. The van der Waals surface area contributed by atoms with E-state index in [0.29, 0.717) is 5.69 Å². The van der Waals surface area contributed by atoms with Crippen molar-refractivity contribution < 1.29 is 13.9 Å². The van der Waals surface area contributed by atoms with E-state index in [0.717, 1.165) is 15.8 Å². The van der Waals surface area contributed by atoms with Gasteiger partial charge in [-0.15, -0.1) is 11.3 Å². The fraction of sp³-hybridized carbons (Fsp3) is 0.235. The lowest BCUT2D eigenvalue weighted by molar-refractivity contribution is 0.0548. The maximum Gasteiger partial charge on any atom is 0.420 e. The van der Waals surface area contributed by atoms with Crippen LogP contribution in [0.25, 0.3) is 21.5 Å². The summed E-state index contributed by atoms with van der Waals surface area (Å²) < 4.78 is 20.2. The van der Waals surface area contributed by atoms with Gasteiger partial charge in [0.1, 0.15) is 16.2 Å². The minimum absolute atomic E-state index is 0.305. The zero-order valence-electron chi connectivity index (χ0n) is 12.6. The Morgan fingerprint density at radius 2 is 1.86 bits per heavy atom. The van der Waals surface area contributed by atoms with Crippen LogP contribution in [0.1, 0.15) is 20.8 Å². The van der Waals surface area contributed by atoms with Crippen molar-refractivity contribution in [3.8, 4) is 11.3 Å². The fourth-order valence-corrected chi connectivity index (χ4v) is 3.13. The molecule has 114 valence electrons. The summed E-state index contributed by atoms with van der Waals surface area (Å²) in [7, 11) is 0. The number of benzene rings is 1. The topological polar surface area (TPSA) is 31.2 Å². The van der Waals surface area contributed by atoms with Crippen LogP contribution in [0.2, 0.25) is 0 Å². The summed E-state index contributed by atoms with van der Waals surface area (Å²) in [5, 5.41) is 2.90. The summed E-state index contributed by atoms with van der Waals surface area (Å²) in [6.07, 6.45) is -0.427. The monoisotopic (exact) mass is 317 g/mol. The molecule has 0 aliphatic carbocycles. The number of ether oxygens (including phenoxy) is 1. The van der Waals surface area contributed by atoms with Gasteiger partial charge in [-0.25, -0.2) is 13.8 Å². The molecule has 5 heteroatoms. The lowest BCUT2D eigenvalue weighted by atomic mass is 10.1. The molecule has 0 bridgehead atoms. The molecule has 0 saturated heterocycles. The first kappa shape index (κ1) is 14.8. The van der Waals surface area contributed by atoms with E-state index in [1.807, 2.05) is 38.3 Å². The zero-order valence-corrected chi connectivity index (χ0v) is 13.4. The summed E-state index contributed by atoms with van der Waals surface area (Å²) in [6.45, 7) is 5.49. The Labute approximate surface area is 131 Å². The minimum atomic E-state index is -0.578. The first-order valence-corrected chi connectivity index (χ1v) is 7.81. The average molecular weight is 317 g/mol. The third-order valence-corrected chi connectivity index (χ3v) is 4.04. The van der Waals surface area contributed by atoms with Gasteiger partial charge in [0, 0.05) is 5.39 Å². The average Bonchev–Trinajstić information content (AvgIpc) is 2.97. The van der Waals surface area contributed by atoms with Crippen molar-refractivity contribution in [1.82, 2.24) is 4.57 Å². The van der Waals surface area contributed by atoms with Crippen molar-refractivity contribution >= 4 is 27.6 Å². The quantitative estimate of drug-likeness (QED) is 0.610. The van der Waals surface area contributed by atoms with E-state index >= 15 is 0 Å². The van der Waals surface area contributed by atoms with Gasteiger partial charge in [-0.05, 0) is 68.1 Å². The first-order chi connectivity index (χ1) is 10.3. The van der Waals surface area contributed by atoms with Gasteiger partial charge >= 0.3 is 6.09 Å². The van der Waals surface area contributed by atoms with Crippen LogP contribution >= 0.6 is 11.3 Å². The van der Waals surface area contributed by atoms with Crippen LogP contribution in [0, 0.1) is 5.82 Å². The molecule has 0 spiro atoms. The number of hydrogen-bond acceptors (Lipinski definition) is 3. The van der Waals surface area contributed by atoms with Gasteiger partial charge in [0.25, 0.3) is 0 Å². The van der Waals surface area contributed by atoms with E-state index in [1.54, 1.807) is 16.7 Å². The standard InChI is InChI=1S/C17H16FNO2S/c1-17(2,3)21-16(20)19-14(10-12-8-9-22-15(12)19)11-4-6-13(18)7-5-11/h4-10H,1-3H3. The largest absolute Gasteiger partial charge is 0.443 e. The Morgan fingerprint density at radius 1 is 1.18 bits per heavy atom. The Morgan fingerprint density at radius 3 is 2.50 bits per heavy atom. The van der Waals surface area contributed by atoms with Crippen molar-refractivity contribution in [3.05, 3.63) is 47.6 Å². The molecule has 0 N–H and O–H groups in total. The summed E-state index contributed by atoms with van der Waals surface area (Å²) in [5.74, 6) is -0.305. The van der Waals surface area contributed by atoms with Crippen LogP contribution in [0.4, 0.5) is 9.18 Å². The number of nitrogens with zero attached hydrogens (tertiary/aromatic N) is 1. The van der Waals surface area contributed by atoms with Crippen molar-refractivity contribution in [2.24, 2.45) is 0 Å². The molecule has 3 rings (SSSR count). The maximum atomic E-state index is 13.1. The highest BCUT2D eigenvalue weighted by Gasteiger charge is 2.23. The molecule has 2 heterocycles. The Bertz CT molecular complexity index is 825. The van der Waals surface area contributed by atoms with Gasteiger partial charge in [0.15, 0.2) is 0 Å². The Balaban J connectivity index is 2.14. The molecular weight excluding hydrogens is 301 g/mol. The Kier molecular flexibility index (Phi) is 3.53. The maximum absolute atomic E-state index is 13.1. The highest BCUT2D eigenvalue weighted by Crippen LogP contribution is 2.32. The Hall–Kier alpha value is -2.14. The number of rotatable bonds is 1. The number of carbonyl (C=O) groups excluding carboxylic acids is 1. The predicted molar refractivity (Wildman–Crippen MR) is 86.8 cm³/mol. The summed E-state index contributed by atoms with van der Waals surface area (Å²) in [5.41, 5.74) is 0.900. The SMILES string of the molecule is CC(C)(C)OC(=O)n1c(-c2ccc(F)cc2)cc2ccsc21. The van der Waals surface area contributed by atoms with Crippen molar-refractivity contribution in [1.29, 1.82) is 0 Å². The van der Waals surface area contributed by atoms with Crippen LogP contribution in [-0.2, 0) is 4.74 Å². The molecule has 0 aliphatic rings. The van der Waals surface area contributed by atoms with Crippen molar-refractivity contribution in [3.63, 3.8) is 0 Å². The molecule has 0 atom stereocenters. The molecular formula is C17H16FNO2S. The van der Waals surface area contributed by atoms with Gasteiger partial charge in [0.05, 0.1) is 5.69 Å². The summed E-state index contributed by atoms with van der Waals surface area (Å²) >= 11 is 1.47. The third kappa shape index (κ3) is 2.76. The van der Waals surface area contributed by atoms with E-state index in [9.17, 15) is 9.18 Å². The second kappa shape index (κ2) is 5.25. The van der Waals surface area contributed by atoms with Crippen molar-refractivity contribution in [2.45, 2.75) is 26.4 Å². The van der Waals surface area contributed by atoms with Gasteiger partial charge in [-0.1, -0.05) is 0 Å². The van der Waals surface area contributed by atoms with Crippen LogP contribution < -0.4 is 0 Å². The van der Waals surface area contributed by atoms with Crippen LogP contribution in [0.3, 0.4) is 0 Å². The molecule has 2 aromatic heterocycles. The minimum Gasteiger partial charge on any atom is -0.443 e. The molecule has 0 radical (unpaired) electrons. The second-order valence-corrected chi connectivity index (χ2v) is 6.93. The zero-order chi connectivity index (χ0) is 15.9. The normalized spacial score (nSPS) is 11.8. The van der Waals surface area contributed by atoms with Gasteiger partial charge in [-0.2, -0.15) is 0 Å². The number of halogens is 1. The molecule has 3 aromatic rings. The third-order valence-electron chi connectivity index (χ3n) is 3.13. The first-order valence-electron chi connectivity index (χ1n) is 6.93. The molecule has 3 nitrogen and oxygen atoms in total. The van der Waals surface area contributed by atoms with E-state index in [2.05, 4.69) is 0 Å². The highest BCUT2D eigenvalue weighted by atomic mass is 32.1. The molecule has 0 amide bonds. The molecule has 0 fully saturated rings. The molecule has 0 unspecified atom stereocenters. The molecule has 0 aliphatic heterocycles. The number of carbonyl (C=O) groups is 1. The smallest absolute Gasteiger partial charge is 0.420 e. The van der Waals surface area contributed by atoms with Crippen LogP contribution in [0.5, 0.6) is 0 Å². The van der Waals surface area contributed by atoms with Crippen LogP contribution in [0.15, 0.2) is 41.8 Å². The summed E-state index contributed by atoms with van der Waals surface area (Å²) in [6, 6.07) is 9.97. The number of thiophene rings is 1. The van der Waals surface area contributed by atoms with Crippen molar-refractivity contribution in [2.75, 3.05) is 0 Å². The van der Waals surface area contributed by atoms with Gasteiger partial charge in [0.2, 0.25) is 0 Å². The lowest BCUT2D eigenvalue weighted by Gasteiger charge is -2.20. The second-order valence-electron chi connectivity index (χ2n) is 6.03. The van der Waals surface area contributed by atoms with E-state index < -0.39 is 11.7 Å². The van der Waals surface area contributed by atoms with Crippen LogP contribution in [-0.4, -0.2) is 16.3 Å². The fourth-order valence-electron chi connectivity index (χ4n) is 2.25. The van der Waals surface area contributed by atoms with E-state index in [4.69, 9.17) is 4.74 Å². The van der Waals surface area contributed by atoms with E-state index in [-0.39, 0.29) is 5.82 Å². The van der Waals surface area contributed by atoms with E-state index in [1.165, 1.54) is 23.5 Å². The molecule has 1 aromatic carbocycles. The van der Waals surface area contributed by atoms with Gasteiger partial charge in [-0.3, -0.25) is 0 Å². The van der Waals surface area contributed by atoms with Gasteiger partial charge < -0.3 is 4.74 Å². The molecule has 0 saturated carbocycles. The highest BCUT2D eigenvalue weighted by molar-refractivity contribution is 7.17.